The van der Waals surface area contributed by atoms with Gasteiger partial charge in [0.25, 0.3) is 0 Å². The molecule has 0 heterocycles. The number of methoxy groups -OCH3 is 2. The van der Waals surface area contributed by atoms with Gasteiger partial charge in [-0.05, 0) is 13.0 Å². The van der Waals surface area contributed by atoms with Gasteiger partial charge in [-0.3, -0.25) is 0 Å². The van der Waals surface area contributed by atoms with Crippen molar-refractivity contribution < 1.29 is 19.4 Å². The largest absolute Gasteiger partial charge is 0.496 e. The summed E-state index contributed by atoms with van der Waals surface area (Å²) in [5.41, 5.74) is 0.616. The SMILES string of the molecule is CCOc1cc(OC)c(/C=N\O)cc1OC. The number of ether oxygens (including phenoxy) is 3. The van der Waals surface area contributed by atoms with Crippen molar-refractivity contribution in [1.82, 2.24) is 0 Å². The van der Waals surface area contributed by atoms with E-state index in [2.05, 4.69) is 5.16 Å². The highest BCUT2D eigenvalue weighted by Gasteiger charge is 2.10. The summed E-state index contributed by atoms with van der Waals surface area (Å²) in [4.78, 5) is 0. The Labute approximate surface area is 94.2 Å². The molecule has 1 rings (SSSR count). The molecule has 0 radical (unpaired) electrons. The van der Waals surface area contributed by atoms with E-state index in [4.69, 9.17) is 19.4 Å². The fraction of sp³-hybridized carbons (Fsp3) is 0.364. The molecule has 88 valence electrons. The minimum atomic E-state index is 0.535. The van der Waals surface area contributed by atoms with Crippen LogP contribution in [0.4, 0.5) is 0 Å². The van der Waals surface area contributed by atoms with Crippen LogP contribution in [0.3, 0.4) is 0 Å². The maximum Gasteiger partial charge on any atom is 0.164 e. The van der Waals surface area contributed by atoms with Gasteiger partial charge in [0.2, 0.25) is 0 Å². The molecule has 0 aromatic heterocycles. The van der Waals surface area contributed by atoms with E-state index in [-0.39, 0.29) is 0 Å². The molecule has 0 aliphatic heterocycles. The molecule has 0 aliphatic rings. The fourth-order valence-electron chi connectivity index (χ4n) is 1.32. The summed E-state index contributed by atoms with van der Waals surface area (Å²) < 4.78 is 15.7. The first kappa shape index (κ1) is 12.2. The van der Waals surface area contributed by atoms with Crippen LogP contribution in [0.1, 0.15) is 12.5 Å². The number of oxime groups is 1. The average Bonchev–Trinajstić information content (AvgIpc) is 2.31. The lowest BCUT2D eigenvalue weighted by Crippen LogP contribution is -1.99. The normalized spacial score (nSPS) is 10.4. The Kier molecular flexibility index (Phi) is 4.44. The summed E-state index contributed by atoms with van der Waals surface area (Å²) in [6, 6.07) is 3.38. The molecular weight excluding hydrogens is 210 g/mol. The second kappa shape index (κ2) is 5.85. The van der Waals surface area contributed by atoms with Crippen LogP contribution in [0.2, 0.25) is 0 Å². The number of hydrogen-bond acceptors (Lipinski definition) is 5. The van der Waals surface area contributed by atoms with Crippen molar-refractivity contribution >= 4 is 6.21 Å². The van der Waals surface area contributed by atoms with Crippen LogP contribution in [0.25, 0.3) is 0 Å². The van der Waals surface area contributed by atoms with Gasteiger partial charge >= 0.3 is 0 Å². The van der Waals surface area contributed by atoms with Gasteiger partial charge in [0.1, 0.15) is 5.75 Å². The molecule has 16 heavy (non-hydrogen) atoms. The highest BCUT2D eigenvalue weighted by Crippen LogP contribution is 2.34. The van der Waals surface area contributed by atoms with Crippen LogP contribution in [0.5, 0.6) is 17.2 Å². The zero-order valence-electron chi connectivity index (χ0n) is 9.56. The van der Waals surface area contributed by atoms with Crippen molar-refractivity contribution in [3.05, 3.63) is 17.7 Å². The van der Waals surface area contributed by atoms with Gasteiger partial charge in [-0.1, -0.05) is 5.16 Å². The lowest BCUT2D eigenvalue weighted by molar-refractivity contribution is 0.307. The Hall–Kier alpha value is -1.91. The number of hydrogen-bond donors (Lipinski definition) is 1. The van der Waals surface area contributed by atoms with Crippen LogP contribution in [0.15, 0.2) is 17.3 Å². The quantitative estimate of drug-likeness (QED) is 0.472. The summed E-state index contributed by atoms with van der Waals surface area (Å²) in [5, 5.41) is 11.5. The molecule has 1 aromatic carbocycles. The minimum Gasteiger partial charge on any atom is -0.496 e. The van der Waals surface area contributed by atoms with E-state index in [0.29, 0.717) is 29.4 Å². The summed E-state index contributed by atoms with van der Waals surface area (Å²) in [5.74, 6) is 1.72. The first-order chi connectivity index (χ1) is 7.76. The minimum absolute atomic E-state index is 0.535. The number of rotatable bonds is 5. The van der Waals surface area contributed by atoms with Crippen LogP contribution >= 0.6 is 0 Å². The zero-order chi connectivity index (χ0) is 12.0. The summed E-state index contributed by atoms with van der Waals surface area (Å²) >= 11 is 0. The Morgan fingerprint density at radius 1 is 1.19 bits per heavy atom. The third-order valence-corrected chi connectivity index (χ3v) is 2.01. The Morgan fingerprint density at radius 2 is 1.88 bits per heavy atom. The lowest BCUT2D eigenvalue weighted by atomic mass is 10.2. The second-order valence-corrected chi connectivity index (χ2v) is 2.92. The van der Waals surface area contributed by atoms with E-state index in [1.165, 1.54) is 13.3 Å². The maximum absolute atomic E-state index is 8.52. The van der Waals surface area contributed by atoms with Crippen molar-refractivity contribution in [2.45, 2.75) is 6.92 Å². The van der Waals surface area contributed by atoms with Gasteiger partial charge in [0.15, 0.2) is 11.5 Å². The standard InChI is InChI=1S/C11H15NO4/c1-4-16-11-6-9(14-2)8(7-12-13)5-10(11)15-3/h5-7,13H,4H2,1-3H3/b12-7-. The third kappa shape index (κ3) is 2.56. The molecule has 1 N–H and O–H groups in total. The van der Waals surface area contributed by atoms with E-state index >= 15 is 0 Å². The molecule has 0 bridgehead atoms. The number of benzene rings is 1. The predicted octanol–water partition coefficient (Wildman–Crippen LogP) is 1.91. The molecule has 0 unspecified atom stereocenters. The smallest absolute Gasteiger partial charge is 0.164 e. The molecule has 0 spiro atoms. The Bertz CT molecular complexity index is 376. The average molecular weight is 225 g/mol. The molecule has 0 saturated heterocycles. The Morgan fingerprint density at radius 3 is 2.38 bits per heavy atom. The predicted molar refractivity (Wildman–Crippen MR) is 60.1 cm³/mol. The van der Waals surface area contributed by atoms with Crippen LogP contribution in [0, 0.1) is 0 Å². The first-order valence-corrected chi connectivity index (χ1v) is 4.83. The van der Waals surface area contributed by atoms with Crippen LogP contribution < -0.4 is 14.2 Å². The van der Waals surface area contributed by atoms with Gasteiger partial charge in [0.05, 0.1) is 27.0 Å². The molecule has 0 fully saturated rings. The maximum atomic E-state index is 8.52. The van der Waals surface area contributed by atoms with E-state index in [1.54, 1.807) is 19.2 Å². The molecule has 0 aliphatic carbocycles. The topological polar surface area (TPSA) is 60.3 Å². The van der Waals surface area contributed by atoms with Crippen LogP contribution in [-0.4, -0.2) is 32.2 Å². The molecule has 0 atom stereocenters. The van der Waals surface area contributed by atoms with E-state index in [9.17, 15) is 0 Å². The molecular formula is C11H15NO4. The van der Waals surface area contributed by atoms with Crippen molar-refractivity contribution in [2.24, 2.45) is 5.16 Å². The van der Waals surface area contributed by atoms with E-state index in [0.717, 1.165) is 0 Å². The third-order valence-electron chi connectivity index (χ3n) is 2.01. The molecule has 0 saturated carbocycles. The van der Waals surface area contributed by atoms with Crippen molar-refractivity contribution in [1.29, 1.82) is 0 Å². The second-order valence-electron chi connectivity index (χ2n) is 2.92. The van der Waals surface area contributed by atoms with Gasteiger partial charge in [-0.25, -0.2) is 0 Å². The molecule has 1 aromatic rings. The summed E-state index contributed by atoms with van der Waals surface area (Å²) in [7, 11) is 3.08. The molecule has 0 amide bonds. The zero-order valence-corrected chi connectivity index (χ0v) is 9.56. The van der Waals surface area contributed by atoms with Crippen molar-refractivity contribution in [3.63, 3.8) is 0 Å². The summed E-state index contributed by atoms with van der Waals surface area (Å²) in [6.45, 7) is 2.42. The van der Waals surface area contributed by atoms with Gasteiger partial charge in [-0.2, -0.15) is 0 Å². The van der Waals surface area contributed by atoms with E-state index in [1.807, 2.05) is 6.92 Å². The van der Waals surface area contributed by atoms with Crippen molar-refractivity contribution in [2.75, 3.05) is 20.8 Å². The van der Waals surface area contributed by atoms with E-state index < -0.39 is 0 Å². The lowest BCUT2D eigenvalue weighted by Gasteiger charge is -2.12. The molecule has 5 heteroatoms. The Balaban J connectivity index is 3.22. The highest BCUT2D eigenvalue weighted by atomic mass is 16.5. The molecule has 5 nitrogen and oxygen atoms in total. The summed E-state index contributed by atoms with van der Waals surface area (Å²) in [6.07, 6.45) is 1.27. The fourth-order valence-corrected chi connectivity index (χ4v) is 1.32. The number of nitrogens with zero attached hydrogens (tertiary/aromatic N) is 1. The first-order valence-electron chi connectivity index (χ1n) is 4.83. The van der Waals surface area contributed by atoms with Gasteiger partial charge < -0.3 is 19.4 Å². The monoisotopic (exact) mass is 225 g/mol. The van der Waals surface area contributed by atoms with Crippen LogP contribution in [-0.2, 0) is 0 Å². The van der Waals surface area contributed by atoms with Crippen molar-refractivity contribution in [3.8, 4) is 17.2 Å². The highest BCUT2D eigenvalue weighted by molar-refractivity contribution is 5.84. The van der Waals surface area contributed by atoms with Gasteiger partial charge in [-0.15, -0.1) is 0 Å². The van der Waals surface area contributed by atoms with Gasteiger partial charge in [0, 0.05) is 11.6 Å².